The van der Waals surface area contributed by atoms with Crippen LogP contribution in [0.5, 0.6) is 0 Å². The Labute approximate surface area is 254 Å². The third-order valence-electron chi connectivity index (χ3n) is 8.42. The number of benzene rings is 1. The molecule has 0 radical (unpaired) electrons. The summed E-state index contributed by atoms with van der Waals surface area (Å²) in [5.41, 5.74) is 14.2. The molecule has 0 amide bonds. The van der Waals surface area contributed by atoms with Crippen LogP contribution in [0.1, 0.15) is 91.8 Å². The van der Waals surface area contributed by atoms with E-state index in [2.05, 4.69) is 109 Å². The van der Waals surface area contributed by atoms with E-state index < -0.39 is 0 Å². The van der Waals surface area contributed by atoms with E-state index in [-0.39, 0.29) is 0 Å². The van der Waals surface area contributed by atoms with E-state index in [1.165, 1.54) is 11.1 Å². The lowest BCUT2D eigenvalue weighted by Crippen LogP contribution is -1.96. The highest BCUT2D eigenvalue weighted by Gasteiger charge is 2.17. The number of H-pyrrole nitrogens is 2. The van der Waals surface area contributed by atoms with Gasteiger partial charge in [-0.3, -0.25) is 0 Å². The van der Waals surface area contributed by atoms with Crippen molar-refractivity contribution in [2.45, 2.75) is 71.6 Å². The van der Waals surface area contributed by atoms with Crippen LogP contribution in [0.2, 0.25) is 0 Å². The van der Waals surface area contributed by atoms with Crippen molar-refractivity contribution in [1.29, 1.82) is 5.26 Å². The molecule has 1 aromatic carbocycles. The summed E-state index contributed by atoms with van der Waals surface area (Å²) in [5, 5.41) is 9.26. The van der Waals surface area contributed by atoms with Crippen molar-refractivity contribution in [2.24, 2.45) is 0 Å². The summed E-state index contributed by atoms with van der Waals surface area (Å²) in [6, 6.07) is 21.8. The minimum atomic E-state index is 0.517. The van der Waals surface area contributed by atoms with Crippen LogP contribution >= 0.6 is 0 Å². The SMILES string of the molecule is CCCCc1c2nc(c(CCCC#N)c3nc(c(CCCC)c4ccc([nH]4)c(-c4ccccc4)c4ccc1[nH]4)C=C3)C=C2. The number of aromatic amines is 2. The first-order valence-corrected chi connectivity index (χ1v) is 15.7. The van der Waals surface area contributed by atoms with Crippen LogP contribution in [0.4, 0.5) is 0 Å². The van der Waals surface area contributed by atoms with Crippen LogP contribution in [0.15, 0.2) is 54.6 Å². The van der Waals surface area contributed by atoms with Crippen molar-refractivity contribution in [1.82, 2.24) is 19.9 Å². The smallest absolute Gasteiger partial charge is 0.0691 e. The molecule has 2 aliphatic rings. The molecule has 2 N–H and O–H groups in total. The maximum atomic E-state index is 9.26. The van der Waals surface area contributed by atoms with E-state index in [4.69, 9.17) is 9.97 Å². The number of nitrogens with one attached hydrogen (secondary N) is 2. The predicted octanol–water partition coefficient (Wildman–Crippen LogP) is 9.85. The van der Waals surface area contributed by atoms with Crippen molar-refractivity contribution in [3.8, 4) is 17.2 Å². The standard InChI is InChI=1S/C38H39N5/c1-3-5-14-27-30-17-19-32(40-30)29(16-10-11-25-39)33-20-18-31(41-33)28(15-6-4-2)35-22-24-37(43-35)38(26-12-8-7-9-13-26)36-23-21-34(27)42-36/h7-9,12-13,17-24,42-43H,3-6,10-11,14-16H2,1-2H3. The lowest BCUT2D eigenvalue weighted by molar-refractivity contribution is 0.794. The fourth-order valence-electron chi connectivity index (χ4n) is 6.13. The second-order valence-corrected chi connectivity index (χ2v) is 11.4. The molecule has 3 aromatic heterocycles. The lowest BCUT2D eigenvalue weighted by atomic mass is 10.0. The Morgan fingerprint density at radius 2 is 1.05 bits per heavy atom. The van der Waals surface area contributed by atoms with E-state index in [0.717, 1.165) is 113 Å². The zero-order chi connectivity index (χ0) is 29.6. The van der Waals surface area contributed by atoms with Crippen LogP contribution in [0.3, 0.4) is 0 Å². The third-order valence-corrected chi connectivity index (χ3v) is 8.42. The molecule has 0 unspecified atom stereocenters. The second-order valence-electron chi connectivity index (χ2n) is 11.4. The zero-order valence-electron chi connectivity index (χ0n) is 25.2. The van der Waals surface area contributed by atoms with Crippen molar-refractivity contribution in [2.75, 3.05) is 0 Å². The molecule has 4 aromatic rings. The zero-order valence-corrected chi connectivity index (χ0v) is 25.2. The van der Waals surface area contributed by atoms with Gasteiger partial charge in [-0.05, 0) is 92.7 Å². The minimum Gasteiger partial charge on any atom is -0.355 e. The van der Waals surface area contributed by atoms with Crippen LogP contribution < -0.4 is 0 Å². The van der Waals surface area contributed by atoms with Crippen LogP contribution in [-0.2, 0) is 19.3 Å². The van der Waals surface area contributed by atoms with Gasteiger partial charge in [0.1, 0.15) is 0 Å². The number of aromatic nitrogens is 4. The predicted molar refractivity (Wildman–Crippen MR) is 180 cm³/mol. The highest BCUT2D eigenvalue weighted by molar-refractivity contribution is 5.94. The molecular weight excluding hydrogens is 526 g/mol. The summed E-state index contributed by atoms with van der Waals surface area (Å²) in [6.45, 7) is 4.46. The van der Waals surface area contributed by atoms with Crippen molar-refractivity contribution in [3.63, 3.8) is 0 Å². The van der Waals surface area contributed by atoms with Gasteiger partial charge >= 0.3 is 0 Å². The van der Waals surface area contributed by atoms with Crippen LogP contribution in [0.25, 0.3) is 57.5 Å². The highest BCUT2D eigenvalue weighted by Crippen LogP contribution is 2.32. The number of nitrogens with zero attached hydrogens (tertiary/aromatic N) is 3. The van der Waals surface area contributed by atoms with E-state index in [0.29, 0.717) is 6.42 Å². The second kappa shape index (κ2) is 13.1. The molecule has 0 atom stereocenters. The van der Waals surface area contributed by atoms with E-state index in [9.17, 15) is 5.26 Å². The van der Waals surface area contributed by atoms with Gasteiger partial charge in [0, 0.05) is 50.7 Å². The number of hydrogen-bond donors (Lipinski definition) is 2. The molecule has 216 valence electrons. The molecular formula is C38H39N5. The van der Waals surface area contributed by atoms with Gasteiger partial charge in [0.15, 0.2) is 0 Å². The van der Waals surface area contributed by atoms with E-state index in [1.54, 1.807) is 0 Å². The Kier molecular flexibility index (Phi) is 8.65. The van der Waals surface area contributed by atoms with Crippen LogP contribution in [-0.4, -0.2) is 19.9 Å². The number of aryl methyl sites for hydroxylation is 2. The molecule has 5 nitrogen and oxygen atoms in total. The largest absolute Gasteiger partial charge is 0.355 e. The Hall–Kier alpha value is -4.69. The summed E-state index contributed by atoms with van der Waals surface area (Å²) in [6.07, 6.45) is 16.9. The highest BCUT2D eigenvalue weighted by atomic mass is 14.8. The van der Waals surface area contributed by atoms with Crippen LogP contribution in [0, 0.1) is 11.3 Å². The first-order valence-electron chi connectivity index (χ1n) is 15.7. The van der Waals surface area contributed by atoms with Crippen molar-refractivity contribution < 1.29 is 0 Å². The van der Waals surface area contributed by atoms with Gasteiger partial charge in [-0.2, -0.15) is 5.26 Å². The lowest BCUT2D eigenvalue weighted by Gasteiger charge is -2.05. The molecule has 43 heavy (non-hydrogen) atoms. The monoisotopic (exact) mass is 565 g/mol. The Balaban J connectivity index is 1.73. The molecule has 8 bridgehead atoms. The fraction of sp³-hybridized carbons (Fsp3) is 0.289. The number of nitriles is 1. The summed E-state index contributed by atoms with van der Waals surface area (Å²) in [5.74, 6) is 0. The van der Waals surface area contributed by atoms with Gasteiger partial charge in [0.2, 0.25) is 0 Å². The molecule has 5 heteroatoms. The molecule has 0 aliphatic carbocycles. The van der Waals surface area contributed by atoms with Gasteiger partial charge < -0.3 is 9.97 Å². The molecule has 0 saturated carbocycles. The van der Waals surface area contributed by atoms with Crippen molar-refractivity contribution in [3.05, 3.63) is 94.1 Å². The Bertz CT molecular complexity index is 1770. The van der Waals surface area contributed by atoms with Crippen molar-refractivity contribution >= 4 is 46.4 Å². The van der Waals surface area contributed by atoms with Gasteiger partial charge in [-0.15, -0.1) is 0 Å². The first kappa shape index (κ1) is 28.4. The molecule has 5 heterocycles. The van der Waals surface area contributed by atoms with Gasteiger partial charge in [-0.25, -0.2) is 9.97 Å². The molecule has 2 aliphatic heterocycles. The number of rotatable bonds is 10. The van der Waals surface area contributed by atoms with E-state index >= 15 is 0 Å². The number of hydrogen-bond acceptors (Lipinski definition) is 3. The van der Waals surface area contributed by atoms with Gasteiger partial charge in [-0.1, -0.05) is 57.0 Å². The molecule has 0 saturated heterocycles. The normalized spacial score (nSPS) is 12.1. The minimum absolute atomic E-state index is 0.517. The van der Waals surface area contributed by atoms with Gasteiger partial charge in [0.25, 0.3) is 0 Å². The number of unbranched alkanes of at least 4 members (excludes halogenated alkanes) is 3. The topological polar surface area (TPSA) is 81.2 Å². The molecule has 6 rings (SSSR count). The third kappa shape index (κ3) is 5.96. The summed E-state index contributed by atoms with van der Waals surface area (Å²) in [4.78, 5) is 18.1. The average molecular weight is 566 g/mol. The molecule has 0 fully saturated rings. The Morgan fingerprint density at radius 1 is 0.581 bits per heavy atom. The maximum Gasteiger partial charge on any atom is 0.0691 e. The summed E-state index contributed by atoms with van der Waals surface area (Å²) < 4.78 is 0. The summed E-state index contributed by atoms with van der Waals surface area (Å²) >= 11 is 0. The number of fused-ring (bicyclic) bond motifs is 8. The van der Waals surface area contributed by atoms with E-state index in [1.807, 2.05) is 0 Å². The average Bonchev–Trinajstić information content (AvgIpc) is 3.86. The Morgan fingerprint density at radius 3 is 1.53 bits per heavy atom. The molecule has 0 spiro atoms. The first-order chi connectivity index (χ1) is 21.2. The fourth-order valence-corrected chi connectivity index (χ4v) is 6.13. The maximum absolute atomic E-state index is 9.26. The van der Waals surface area contributed by atoms with Gasteiger partial charge in [0.05, 0.1) is 28.8 Å². The quantitative estimate of drug-likeness (QED) is 0.162. The summed E-state index contributed by atoms with van der Waals surface area (Å²) in [7, 11) is 0.